The molecule has 0 spiro atoms. The summed E-state index contributed by atoms with van der Waals surface area (Å²) in [5, 5.41) is 3.40. The minimum Gasteiger partial charge on any atom is -0.493 e. The Bertz CT molecular complexity index is 567. The van der Waals surface area contributed by atoms with Crippen molar-refractivity contribution in [2.75, 3.05) is 17.7 Å². The zero-order valence-electron chi connectivity index (χ0n) is 12.1. The van der Waals surface area contributed by atoms with Crippen LogP contribution in [-0.2, 0) is 6.54 Å². The molecule has 0 radical (unpaired) electrons. The Labute approximate surface area is 120 Å². The van der Waals surface area contributed by atoms with Gasteiger partial charge in [-0.15, -0.1) is 0 Å². The molecule has 0 bridgehead atoms. The van der Waals surface area contributed by atoms with Crippen molar-refractivity contribution >= 4 is 11.4 Å². The minimum atomic E-state index is 0.709. The summed E-state index contributed by atoms with van der Waals surface area (Å²) in [6.45, 7) is 5.69. The van der Waals surface area contributed by atoms with E-state index in [1.54, 1.807) is 0 Å². The summed E-state index contributed by atoms with van der Waals surface area (Å²) in [5.74, 6) is 0.819. The van der Waals surface area contributed by atoms with E-state index in [9.17, 15) is 0 Å². The highest BCUT2D eigenvalue weighted by molar-refractivity contribution is 5.59. The van der Waals surface area contributed by atoms with Crippen LogP contribution in [0.15, 0.2) is 42.5 Å². The van der Waals surface area contributed by atoms with E-state index in [0.29, 0.717) is 12.3 Å². The van der Waals surface area contributed by atoms with Gasteiger partial charge in [0.15, 0.2) is 0 Å². The predicted octanol–water partition coefficient (Wildman–Crippen LogP) is 3.98. The van der Waals surface area contributed by atoms with Gasteiger partial charge in [-0.25, -0.2) is 0 Å². The minimum absolute atomic E-state index is 0.709. The molecule has 0 saturated carbocycles. The Kier molecular flexibility index (Phi) is 4.88. The molecule has 0 unspecified atom stereocenters. The SMILES string of the molecule is CCCOc1cc(N)cc(NCc2ccccc2C)c1. The fourth-order valence-electron chi connectivity index (χ4n) is 2.03. The number of anilines is 2. The predicted molar refractivity (Wildman–Crippen MR) is 85.1 cm³/mol. The van der Waals surface area contributed by atoms with Gasteiger partial charge in [-0.1, -0.05) is 31.2 Å². The number of aryl methyl sites for hydroxylation is 1. The van der Waals surface area contributed by atoms with E-state index in [1.807, 2.05) is 18.2 Å². The molecule has 0 heterocycles. The second kappa shape index (κ2) is 6.85. The molecule has 3 heteroatoms. The van der Waals surface area contributed by atoms with Gasteiger partial charge in [0.05, 0.1) is 6.61 Å². The number of nitrogens with one attached hydrogen (secondary N) is 1. The molecule has 0 fully saturated rings. The normalized spacial score (nSPS) is 10.3. The Morgan fingerprint density at radius 2 is 1.95 bits per heavy atom. The molecule has 3 nitrogen and oxygen atoms in total. The average Bonchev–Trinajstić information content (AvgIpc) is 2.44. The van der Waals surface area contributed by atoms with Crippen molar-refractivity contribution < 1.29 is 4.74 Å². The molecule has 0 aliphatic carbocycles. The highest BCUT2D eigenvalue weighted by Crippen LogP contribution is 2.23. The van der Waals surface area contributed by atoms with Gasteiger partial charge < -0.3 is 15.8 Å². The molecule has 0 aliphatic rings. The van der Waals surface area contributed by atoms with Gasteiger partial charge in [-0.05, 0) is 30.5 Å². The third kappa shape index (κ3) is 3.92. The topological polar surface area (TPSA) is 47.3 Å². The third-order valence-electron chi connectivity index (χ3n) is 3.15. The quantitative estimate of drug-likeness (QED) is 0.781. The highest BCUT2D eigenvalue weighted by Gasteiger charge is 2.01. The van der Waals surface area contributed by atoms with Crippen molar-refractivity contribution in [1.29, 1.82) is 0 Å². The van der Waals surface area contributed by atoms with E-state index in [2.05, 4.69) is 43.4 Å². The first-order valence-electron chi connectivity index (χ1n) is 7.01. The number of nitrogens with two attached hydrogens (primary N) is 1. The third-order valence-corrected chi connectivity index (χ3v) is 3.15. The van der Waals surface area contributed by atoms with Crippen LogP contribution in [0.4, 0.5) is 11.4 Å². The van der Waals surface area contributed by atoms with Crippen LogP contribution in [0, 0.1) is 6.92 Å². The lowest BCUT2D eigenvalue weighted by Gasteiger charge is -2.12. The van der Waals surface area contributed by atoms with Crippen LogP contribution in [0.5, 0.6) is 5.75 Å². The number of hydrogen-bond donors (Lipinski definition) is 2. The van der Waals surface area contributed by atoms with Crippen molar-refractivity contribution in [2.45, 2.75) is 26.8 Å². The zero-order valence-corrected chi connectivity index (χ0v) is 12.1. The van der Waals surface area contributed by atoms with Crippen LogP contribution in [0.1, 0.15) is 24.5 Å². The van der Waals surface area contributed by atoms with Gasteiger partial charge in [-0.3, -0.25) is 0 Å². The fraction of sp³-hybridized carbons (Fsp3) is 0.294. The monoisotopic (exact) mass is 270 g/mol. The number of hydrogen-bond acceptors (Lipinski definition) is 3. The molecule has 0 saturated heterocycles. The van der Waals surface area contributed by atoms with Crippen LogP contribution in [-0.4, -0.2) is 6.61 Å². The fourth-order valence-corrected chi connectivity index (χ4v) is 2.03. The van der Waals surface area contributed by atoms with Crippen molar-refractivity contribution in [3.8, 4) is 5.75 Å². The maximum atomic E-state index is 5.91. The van der Waals surface area contributed by atoms with Gasteiger partial charge in [0, 0.05) is 30.1 Å². The first kappa shape index (κ1) is 14.3. The summed E-state index contributed by atoms with van der Waals surface area (Å²) in [5.41, 5.74) is 10.2. The Morgan fingerprint density at radius 1 is 1.15 bits per heavy atom. The second-order valence-corrected chi connectivity index (χ2v) is 4.92. The van der Waals surface area contributed by atoms with E-state index in [0.717, 1.165) is 24.4 Å². The molecule has 3 N–H and O–H groups in total. The molecular formula is C17H22N2O. The van der Waals surface area contributed by atoms with E-state index in [4.69, 9.17) is 10.5 Å². The van der Waals surface area contributed by atoms with E-state index < -0.39 is 0 Å². The Hall–Kier alpha value is -2.16. The molecule has 0 aromatic heterocycles. The lowest BCUT2D eigenvalue weighted by molar-refractivity contribution is 0.318. The van der Waals surface area contributed by atoms with Gasteiger partial charge in [0.1, 0.15) is 5.75 Å². The maximum Gasteiger partial charge on any atom is 0.123 e. The summed E-state index contributed by atoms with van der Waals surface area (Å²) in [6.07, 6.45) is 0.987. The zero-order chi connectivity index (χ0) is 14.4. The first-order chi connectivity index (χ1) is 9.69. The van der Waals surface area contributed by atoms with Crippen LogP contribution in [0.25, 0.3) is 0 Å². The molecule has 20 heavy (non-hydrogen) atoms. The molecule has 2 aromatic rings. The molecular weight excluding hydrogens is 248 g/mol. The number of ether oxygens (including phenoxy) is 1. The molecule has 2 aromatic carbocycles. The van der Waals surface area contributed by atoms with E-state index in [1.165, 1.54) is 11.1 Å². The molecule has 0 amide bonds. The average molecular weight is 270 g/mol. The molecule has 106 valence electrons. The Balaban J connectivity index is 2.05. The van der Waals surface area contributed by atoms with Crippen LogP contribution in [0.3, 0.4) is 0 Å². The van der Waals surface area contributed by atoms with Gasteiger partial charge >= 0.3 is 0 Å². The van der Waals surface area contributed by atoms with Crippen LogP contribution >= 0.6 is 0 Å². The van der Waals surface area contributed by atoms with Crippen molar-refractivity contribution in [2.24, 2.45) is 0 Å². The number of nitrogen functional groups attached to an aromatic ring is 1. The van der Waals surface area contributed by atoms with Gasteiger partial charge in [-0.2, -0.15) is 0 Å². The lowest BCUT2D eigenvalue weighted by Crippen LogP contribution is -2.03. The standard InChI is InChI=1S/C17H22N2O/c1-3-8-20-17-10-15(18)9-16(11-17)19-12-14-7-5-4-6-13(14)2/h4-7,9-11,19H,3,8,12,18H2,1-2H3. The highest BCUT2D eigenvalue weighted by atomic mass is 16.5. The van der Waals surface area contributed by atoms with Crippen molar-refractivity contribution in [1.82, 2.24) is 0 Å². The van der Waals surface area contributed by atoms with E-state index >= 15 is 0 Å². The molecule has 0 aliphatic heterocycles. The smallest absolute Gasteiger partial charge is 0.123 e. The largest absolute Gasteiger partial charge is 0.493 e. The summed E-state index contributed by atoms with van der Waals surface area (Å²) in [7, 11) is 0. The lowest BCUT2D eigenvalue weighted by atomic mass is 10.1. The van der Waals surface area contributed by atoms with Crippen LogP contribution in [0.2, 0.25) is 0 Å². The summed E-state index contributed by atoms with van der Waals surface area (Å²) >= 11 is 0. The number of benzene rings is 2. The molecule has 2 rings (SSSR count). The van der Waals surface area contributed by atoms with Gasteiger partial charge in [0.2, 0.25) is 0 Å². The Morgan fingerprint density at radius 3 is 2.70 bits per heavy atom. The summed E-state index contributed by atoms with van der Waals surface area (Å²) in [4.78, 5) is 0. The first-order valence-corrected chi connectivity index (χ1v) is 7.01. The van der Waals surface area contributed by atoms with Crippen molar-refractivity contribution in [3.63, 3.8) is 0 Å². The maximum absolute atomic E-state index is 5.91. The molecule has 0 atom stereocenters. The number of rotatable bonds is 6. The van der Waals surface area contributed by atoms with Gasteiger partial charge in [0.25, 0.3) is 0 Å². The van der Waals surface area contributed by atoms with E-state index in [-0.39, 0.29) is 0 Å². The summed E-state index contributed by atoms with van der Waals surface area (Å²) < 4.78 is 5.63. The van der Waals surface area contributed by atoms with Crippen LogP contribution < -0.4 is 15.8 Å². The van der Waals surface area contributed by atoms with Crippen molar-refractivity contribution in [3.05, 3.63) is 53.6 Å². The second-order valence-electron chi connectivity index (χ2n) is 4.92. The summed E-state index contributed by atoms with van der Waals surface area (Å²) in [6, 6.07) is 14.1.